The number of nitrogens with zero attached hydrogens (tertiary/aromatic N) is 1. The van der Waals surface area contributed by atoms with Gasteiger partial charge >= 0.3 is 0 Å². The largest absolute Gasteiger partial charge is 0.360 e. The zero-order valence-corrected chi connectivity index (χ0v) is 7.88. The van der Waals surface area contributed by atoms with Crippen LogP contribution in [-0.2, 0) is 4.74 Å². The van der Waals surface area contributed by atoms with Gasteiger partial charge in [0.15, 0.2) is 6.10 Å². The van der Waals surface area contributed by atoms with Crippen LogP contribution in [-0.4, -0.2) is 24.8 Å². The molecule has 1 aliphatic heterocycles. The molecule has 1 heterocycles. The highest BCUT2D eigenvalue weighted by Gasteiger charge is 2.36. The normalized spacial score (nSPS) is 32.7. The zero-order chi connectivity index (χ0) is 9.15. The number of hydrogen-bond acceptors (Lipinski definition) is 3. The van der Waals surface area contributed by atoms with Crippen molar-refractivity contribution in [3.05, 3.63) is 0 Å². The number of morpholine rings is 1. The Morgan fingerprint density at radius 3 is 2.62 bits per heavy atom. The fraction of sp³-hybridized carbons (Fsp3) is 0.900. The average molecular weight is 180 g/mol. The van der Waals surface area contributed by atoms with Crippen LogP contribution in [0.4, 0.5) is 0 Å². The fourth-order valence-corrected chi connectivity index (χ4v) is 2.31. The van der Waals surface area contributed by atoms with Crippen molar-refractivity contribution in [1.82, 2.24) is 5.32 Å². The van der Waals surface area contributed by atoms with Gasteiger partial charge in [0.25, 0.3) is 0 Å². The highest BCUT2D eigenvalue weighted by Crippen LogP contribution is 2.30. The van der Waals surface area contributed by atoms with Gasteiger partial charge in [0.1, 0.15) is 0 Å². The predicted octanol–water partition coefficient (Wildman–Crippen LogP) is 1.20. The van der Waals surface area contributed by atoms with Crippen molar-refractivity contribution < 1.29 is 4.74 Å². The first-order valence-electron chi connectivity index (χ1n) is 5.11. The number of nitriles is 1. The number of nitrogens with one attached hydrogen (secondary N) is 1. The molecule has 1 spiro atoms. The standard InChI is InChI=1S/C10H16N2O/c11-6-9-7-12-10(8-13-9)4-2-1-3-5-10/h9,12H,1-5,7-8H2. The van der Waals surface area contributed by atoms with Crippen molar-refractivity contribution in [2.24, 2.45) is 0 Å². The molecule has 1 saturated heterocycles. The van der Waals surface area contributed by atoms with E-state index in [0.717, 1.165) is 6.61 Å². The number of hydrogen-bond donors (Lipinski definition) is 1. The Hall–Kier alpha value is -0.590. The Labute approximate surface area is 79.1 Å². The molecule has 0 aromatic heterocycles. The molecule has 1 N–H and O–H groups in total. The molecule has 1 atom stereocenters. The van der Waals surface area contributed by atoms with Crippen LogP contribution in [0.15, 0.2) is 0 Å². The molecule has 0 aromatic carbocycles. The number of ether oxygens (including phenoxy) is 1. The van der Waals surface area contributed by atoms with Crippen molar-refractivity contribution in [1.29, 1.82) is 5.26 Å². The van der Waals surface area contributed by atoms with Crippen LogP contribution in [0, 0.1) is 11.3 Å². The van der Waals surface area contributed by atoms with Gasteiger partial charge in [-0.3, -0.25) is 0 Å². The summed E-state index contributed by atoms with van der Waals surface area (Å²) in [5.41, 5.74) is 0.214. The lowest BCUT2D eigenvalue weighted by atomic mass is 9.81. The van der Waals surface area contributed by atoms with Gasteiger partial charge in [0.05, 0.1) is 12.7 Å². The van der Waals surface area contributed by atoms with E-state index in [1.807, 2.05) is 0 Å². The molecule has 1 saturated carbocycles. The summed E-state index contributed by atoms with van der Waals surface area (Å²) in [6, 6.07) is 2.14. The molecule has 2 fully saturated rings. The third kappa shape index (κ3) is 1.84. The molecular weight excluding hydrogens is 164 g/mol. The summed E-state index contributed by atoms with van der Waals surface area (Å²) >= 11 is 0. The Balaban J connectivity index is 1.92. The van der Waals surface area contributed by atoms with Crippen LogP contribution < -0.4 is 5.32 Å². The second-order valence-electron chi connectivity index (χ2n) is 4.15. The van der Waals surface area contributed by atoms with Crippen molar-refractivity contribution in [3.8, 4) is 6.07 Å². The highest BCUT2D eigenvalue weighted by atomic mass is 16.5. The second kappa shape index (κ2) is 3.65. The highest BCUT2D eigenvalue weighted by molar-refractivity contribution is 4.99. The monoisotopic (exact) mass is 180 g/mol. The molecule has 1 unspecified atom stereocenters. The minimum atomic E-state index is -0.229. The first-order chi connectivity index (χ1) is 6.35. The molecule has 72 valence electrons. The van der Waals surface area contributed by atoms with Crippen LogP contribution in [0.25, 0.3) is 0 Å². The Bertz CT molecular complexity index is 205. The summed E-state index contributed by atoms with van der Waals surface area (Å²) in [7, 11) is 0. The van der Waals surface area contributed by atoms with Crippen molar-refractivity contribution in [2.75, 3.05) is 13.2 Å². The summed E-state index contributed by atoms with van der Waals surface area (Å²) in [5, 5.41) is 12.2. The molecule has 0 radical (unpaired) electrons. The van der Waals surface area contributed by atoms with Gasteiger partial charge in [-0.15, -0.1) is 0 Å². The number of rotatable bonds is 0. The molecule has 1 aliphatic carbocycles. The maximum atomic E-state index is 8.66. The lowest BCUT2D eigenvalue weighted by Crippen LogP contribution is -2.57. The Morgan fingerprint density at radius 1 is 1.31 bits per heavy atom. The van der Waals surface area contributed by atoms with Crippen LogP contribution in [0.2, 0.25) is 0 Å². The van der Waals surface area contributed by atoms with E-state index < -0.39 is 0 Å². The topological polar surface area (TPSA) is 45.0 Å². The average Bonchev–Trinajstić information content (AvgIpc) is 2.20. The second-order valence-corrected chi connectivity index (χ2v) is 4.15. The van der Waals surface area contributed by atoms with Gasteiger partial charge in [-0.05, 0) is 12.8 Å². The first kappa shape index (κ1) is 8.98. The van der Waals surface area contributed by atoms with Crippen molar-refractivity contribution in [2.45, 2.75) is 43.7 Å². The van der Waals surface area contributed by atoms with E-state index in [0.29, 0.717) is 6.54 Å². The predicted molar refractivity (Wildman–Crippen MR) is 49.2 cm³/mol. The van der Waals surface area contributed by atoms with E-state index in [1.54, 1.807) is 0 Å². The van der Waals surface area contributed by atoms with Gasteiger partial charge < -0.3 is 10.1 Å². The minimum Gasteiger partial charge on any atom is -0.360 e. The maximum Gasteiger partial charge on any atom is 0.156 e. The molecule has 0 amide bonds. The van der Waals surface area contributed by atoms with Gasteiger partial charge in [-0.25, -0.2) is 0 Å². The van der Waals surface area contributed by atoms with Crippen molar-refractivity contribution in [3.63, 3.8) is 0 Å². The summed E-state index contributed by atoms with van der Waals surface area (Å²) in [6.45, 7) is 1.43. The third-order valence-corrected chi connectivity index (χ3v) is 3.18. The quantitative estimate of drug-likeness (QED) is 0.609. The zero-order valence-electron chi connectivity index (χ0n) is 7.88. The Morgan fingerprint density at radius 2 is 2.08 bits per heavy atom. The summed E-state index contributed by atoms with van der Waals surface area (Å²) in [5.74, 6) is 0. The van der Waals surface area contributed by atoms with E-state index in [4.69, 9.17) is 10.00 Å². The van der Waals surface area contributed by atoms with Gasteiger partial charge in [0, 0.05) is 12.1 Å². The lowest BCUT2D eigenvalue weighted by molar-refractivity contribution is -0.0208. The third-order valence-electron chi connectivity index (χ3n) is 3.18. The molecule has 13 heavy (non-hydrogen) atoms. The minimum absolute atomic E-state index is 0.214. The Kier molecular flexibility index (Phi) is 2.52. The van der Waals surface area contributed by atoms with E-state index in [9.17, 15) is 0 Å². The van der Waals surface area contributed by atoms with E-state index >= 15 is 0 Å². The van der Waals surface area contributed by atoms with Gasteiger partial charge in [-0.2, -0.15) is 5.26 Å². The molecule has 0 aromatic rings. The molecule has 0 bridgehead atoms. The van der Waals surface area contributed by atoms with E-state index in [-0.39, 0.29) is 11.6 Å². The molecule has 2 aliphatic rings. The van der Waals surface area contributed by atoms with Gasteiger partial charge in [-0.1, -0.05) is 19.3 Å². The summed E-state index contributed by atoms with van der Waals surface area (Å²) in [6.07, 6.45) is 6.15. The maximum absolute atomic E-state index is 8.66. The molecular formula is C10H16N2O. The molecule has 2 rings (SSSR count). The summed E-state index contributed by atoms with van der Waals surface area (Å²) < 4.78 is 5.50. The smallest absolute Gasteiger partial charge is 0.156 e. The van der Waals surface area contributed by atoms with Gasteiger partial charge in [0.2, 0.25) is 0 Å². The first-order valence-corrected chi connectivity index (χ1v) is 5.11. The van der Waals surface area contributed by atoms with Crippen LogP contribution in [0.1, 0.15) is 32.1 Å². The SMILES string of the molecule is N#CC1CNC2(CCCCC2)CO1. The summed E-state index contributed by atoms with van der Waals surface area (Å²) in [4.78, 5) is 0. The molecule has 3 nitrogen and oxygen atoms in total. The van der Waals surface area contributed by atoms with E-state index in [2.05, 4.69) is 11.4 Å². The van der Waals surface area contributed by atoms with Crippen LogP contribution >= 0.6 is 0 Å². The lowest BCUT2D eigenvalue weighted by Gasteiger charge is -2.42. The van der Waals surface area contributed by atoms with Crippen LogP contribution in [0.3, 0.4) is 0 Å². The van der Waals surface area contributed by atoms with E-state index in [1.165, 1.54) is 32.1 Å². The molecule has 3 heteroatoms. The van der Waals surface area contributed by atoms with Crippen molar-refractivity contribution >= 4 is 0 Å². The van der Waals surface area contributed by atoms with Crippen LogP contribution in [0.5, 0.6) is 0 Å². The fourth-order valence-electron chi connectivity index (χ4n) is 2.31.